The maximum absolute atomic E-state index is 11.0. The molecule has 0 aromatic heterocycles. The molecule has 1 aliphatic carbocycles. The second kappa shape index (κ2) is 7.60. The molecule has 0 radical (unpaired) electrons. The van der Waals surface area contributed by atoms with Gasteiger partial charge in [0.2, 0.25) is 0 Å². The molecule has 0 spiro atoms. The van der Waals surface area contributed by atoms with Gasteiger partial charge in [-0.05, 0) is 36.8 Å². The second-order valence-corrected chi connectivity index (χ2v) is 6.18. The zero-order valence-corrected chi connectivity index (χ0v) is 13.0. The third kappa shape index (κ3) is 4.57. The Morgan fingerprint density at radius 3 is 2.67 bits per heavy atom. The quantitative estimate of drug-likeness (QED) is 0.846. The summed E-state index contributed by atoms with van der Waals surface area (Å²) in [7, 11) is 0. The van der Waals surface area contributed by atoms with Gasteiger partial charge in [0, 0.05) is 0 Å². The number of hydrogen-bond acceptors (Lipinski definition) is 2. The van der Waals surface area contributed by atoms with Crippen LogP contribution in [-0.4, -0.2) is 17.2 Å². The smallest absolute Gasteiger partial charge is 0.310 e. The predicted octanol–water partition coefficient (Wildman–Crippen LogP) is 4.36. The molecule has 0 amide bonds. The van der Waals surface area contributed by atoms with Crippen molar-refractivity contribution in [3.05, 3.63) is 35.4 Å². The molecule has 1 aliphatic rings. The fourth-order valence-electron chi connectivity index (χ4n) is 3.02. The summed E-state index contributed by atoms with van der Waals surface area (Å²) < 4.78 is 6.03. The lowest BCUT2D eigenvalue weighted by atomic mass is 9.85. The van der Waals surface area contributed by atoms with Crippen molar-refractivity contribution in [1.82, 2.24) is 0 Å². The van der Waals surface area contributed by atoms with E-state index in [1.54, 1.807) is 6.92 Å². The Balaban J connectivity index is 1.85. The molecule has 116 valence electrons. The van der Waals surface area contributed by atoms with E-state index in [-0.39, 0.29) is 0 Å². The van der Waals surface area contributed by atoms with Crippen LogP contribution in [0.15, 0.2) is 24.3 Å². The van der Waals surface area contributed by atoms with Crippen molar-refractivity contribution in [2.45, 2.75) is 64.6 Å². The number of ether oxygens (including phenoxy) is 1. The summed E-state index contributed by atoms with van der Waals surface area (Å²) >= 11 is 0. The van der Waals surface area contributed by atoms with Gasteiger partial charge in [-0.1, -0.05) is 50.5 Å². The molecule has 0 aliphatic heterocycles. The van der Waals surface area contributed by atoms with Gasteiger partial charge < -0.3 is 9.84 Å². The Morgan fingerprint density at radius 2 is 2.05 bits per heavy atom. The first-order chi connectivity index (χ1) is 10.1. The van der Waals surface area contributed by atoms with Crippen molar-refractivity contribution in [1.29, 1.82) is 0 Å². The molecule has 1 aromatic carbocycles. The van der Waals surface area contributed by atoms with E-state index in [1.165, 1.54) is 32.1 Å². The molecule has 0 heterocycles. The van der Waals surface area contributed by atoms with Crippen LogP contribution in [0.1, 0.15) is 63.0 Å². The van der Waals surface area contributed by atoms with Crippen LogP contribution in [0, 0.1) is 5.92 Å². The Bertz CT molecular complexity index is 452. The Hall–Kier alpha value is -1.35. The molecule has 1 aromatic rings. The third-order valence-electron chi connectivity index (χ3n) is 4.65. The number of benzene rings is 1. The van der Waals surface area contributed by atoms with Crippen LogP contribution in [0.4, 0.5) is 0 Å². The van der Waals surface area contributed by atoms with Crippen LogP contribution in [0.3, 0.4) is 0 Å². The molecular formula is C18H26O3. The Labute approximate surface area is 127 Å². The lowest BCUT2D eigenvalue weighted by Gasteiger charge is -2.28. The molecule has 3 heteroatoms. The minimum absolute atomic E-state index is 0.390. The molecule has 3 unspecified atom stereocenters. The minimum atomic E-state index is -0.785. The summed E-state index contributed by atoms with van der Waals surface area (Å²) in [5.74, 6) is -0.419. The van der Waals surface area contributed by atoms with Crippen LogP contribution in [0.5, 0.6) is 0 Å². The van der Waals surface area contributed by atoms with E-state index in [0.29, 0.717) is 12.7 Å². The van der Waals surface area contributed by atoms with Crippen molar-refractivity contribution >= 4 is 5.97 Å². The molecular weight excluding hydrogens is 264 g/mol. The van der Waals surface area contributed by atoms with Crippen LogP contribution < -0.4 is 0 Å². The number of carboxylic acids is 1. The summed E-state index contributed by atoms with van der Waals surface area (Å²) in [6.07, 6.45) is 6.62. The van der Waals surface area contributed by atoms with Crippen LogP contribution in [0.25, 0.3) is 0 Å². The van der Waals surface area contributed by atoms with Gasteiger partial charge in [-0.3, -0.25) is 4.79 Å². The third-order valence-corrected chi connectivity index (χ3v) is 4.65. The van der Waals surface area contributed by atoms with Gasteiger partial charge in [0.05, 0.1) is 18.6 Å². The van der Waals surface area contributed by atoms with Crippen molar-refractivity contribution < 1.29 is 14.6 Å². The van der Waals surface area contributed by atoms with Gasteiger partial charge in [0.15, 0.2) is 0 Å². The minimum Gasteiger partial charge on any atom is -0.481 e. The maximum atomic E-state index is 11.0. The molecule has 0 bridgehead atoms. The molecule has 21 heavy (non-hydrogen) atoms. The van der Waals surface area contributed by atoms with E-state index in [4.69, 9.17) is 9.84 Å². The predicted molar refractivity (Wildman–Crippen MR) is 83.3 cm³/mol. The topological polar surface area (TPSA) is 46.5 Å². The van der Waals surface area contributed by atoms with Crippen molar-refractivity contribution in [3.63, 3.8) is 0 Å². The monoisotopic (exact) mass is 290 g/mol. The average Bonchev–Trinajstić information content (AvgIpc) is 2.53. The summed E-state index contributed by atoms with van der Waals surface area (Å²) in [5, 5.41) is 9.00. The highest BCUT2D eigenvalue weighted by molar-refractivity contribution is 5.75. The molecule has 1 saturated carbocycles. The Kier molecular flexibility index (Phi) is 5.80. The molecule has 1 N–H and O–H groups in total. The number of carbonyl (C=O) groups is 1. The zero-order valence-electron chi connectivity index (χ0n) is 13.0. The van der Waals surface area contributed by atoms with Gasteiger partial charge in [0.25, 0.3) is 0 Å². The number of carboxylic acid groups (broad SMARTS) is 1. The summed E-state index contributed by atoms with van der Waals surface area (Å²) in [4.78, 5) is 11.0. The highest BCUT2D eigenvalue weighted by atomic mass is 16.5. The highest BCUT2D eigenvalue weighted by Gasteiger charge is 2.21. The number of hydrogen-bond donors (Lipinski definition) is 1. The fraction of sp³-hybridized carbons (Fsp3) is 0.611. The van der Waals surface area contributed by atoms with Gasteiger partial charge in [-0.2, -0.15) is 0 Å². The first-order valence-electron chi connectivity index (χ1n) is 8.03. The molecule has 3 nitrogen and oxygen atoms in total. The summed E-state index contributed by atoms with van der Waals surface area (Å²) in [6.45, 7) is 4.60. The van der Waals surface area contributed by atoms with Crippen LogP contribution in [-0.2, 0) is 16.1 Å². The standard InChI is InChI=1S/C18H26O3/c1-3-14-5-4-6-17(11-14)21-12-15-7-9-16(10-8-15)13(2)18(19)20/h7-10,13-14,17H,3-6,11-12H2,1-2H3,(H,19,20). The summed E-state index contributed by atoms with van der Waals surface area (Å²) in [5.41, 5.74) is 1.96. The van der Waals surface area contributed by atoms with E-state index in [0.717, 1.165) is 17.0 Å². The number of aliphatic carboxylic acids is 1. The lowest BCUT2D eigenvalue weighted by molar-refractivity contribution is -0.138. The van der Waals surface area contributed by atoms with E-state index in [1.807, 2.05) is 24.3 Å². The van der Waals surface area contributed by atoms with E-state index >= 15 is 0 Å². The first-order valence-corrected chi connectivity index (χ1v) is 8.03. The second-order valence-electron chi connectivity index (χ2n) is 6.18. The lowest BCUT2D eigenvalue weighted by Crippen LogP contribution is -2.22. The van der Waals surface area contributed by atoms with E-state index in [2.05, 4.69) is 6.92 Å². The van der Waals surface area contributed by atoms with Gasteiger partial charge in [-0.25, -0.2) is 0 Å². The molecule has 1 fully saturated rings. The van der Waals surface area contributed by atoms with Crippen LogP contribution >= 0.6 is 0 Å². The van der Waals surface area contributed by atoms with Gasteiger partial charge in [0.1, 0.15) is 0 Å². The fourth-order valence-corrected chi connectivity index (χ4v) is 3.02. The van der Waals surface area contributed by atoms with Gasteiger partial charge >= 0.3 is 5.97 Å². The highest BCUT2D eigenvalue weighted by Crippen LogP contribution is 2.29. The zero-order chi connectivity index (χ0) is 15.2. The molecule has 3 atom stereocenters. The largest absolute Gasteiger partial charge is 0.481 e. The van der Waals surface area contributed by atoms with Crippen molar-refractivity contribution in [2.24, 2.45) is 5.92 Å². The Morgan fingerprint density at radius 1 is 1.33 bits per heavy atom. The number of rotatable bonds is 6. The van der Waals surface area contributed by atoms with E-state index in [9.17, 15) is 4.79 Å². The van der Waals surface area contributed by atoms with Crippen molar-refractivity contribution in [3.8, 4) is 0 Å². The van der Waals surface area contributed by atoms with Crippen LogP contribution in [0.2, 0.25) is 0 Å². The van der Waals surface area contributed by atoms with Crippen molar-refractivity contribution in [2.75, 3.05) is 0 Å². The first kappa shape index (κ1) is 16.0. The molecule has 0 saturated heterocycles. The van der Waals surface area contributed by atoms with E-state index < -0.39 is 11.9 Å². The normalized spacial score (nSPS) is 23.7. The molecule has 2 rings (SSSR count). The SMILES string of the molecule is CCC1CCCC(OCc2ccc(C(C)C(=O)O)cc2)C1. The average molecular weight is 290 g/mol. The summed E-state index contributed by atoms with van der Waals surface area (Å²) in [6, 6.07) is 7.75. The van der Waals surface area contributed by atoms with Gasteiger partial charge in [-0.15, -0.1) is 0 Å². The maximum Gasteiger partial charge on any atom is 0.310 e.